The SMILES string of the molecule is CNC(=O)Cc1ccc(NC(C)C2CCCCC2)cc1. The van der Waals surface area contributed by atoms with Gasteiger partial charge in [-0.2, -0.15) is 0 Å². The van der Waals surface area contributed by atoms with E-state index in [0.29, 0.717) is 12.5 Å². The van der Waals surface area contributed by atoms with Crippen LogP contribution in [0.25, 0.3) is 0 Å². The van der Waals surface area contributed by atoms with Gasteiger partial charge < -0.3 is 10.6 Å². The Morgan fingerprint density at radius 2 is 1.85 bits per heavy atom. The zero-order valence-electron chi connectivity index (χ0n) is 12.6. The number of nitrogens with one attached hydrogen (secondary N) is 2. The fourth-order valence-corrected chi connectivity index (χ4v) is 3.01. The molecule has 20 heavy (non-hydrogen) atoms. The van der Waals surface area contributed by atoms with Crippen LogP contribution in [0.15, 0.2) is 24.3 Å². The molecule has 3 heteroatoms. The van der Waals surface area contributed by atoms with E-state index in [0.717, 1.165) is 17.2 Å². The van der Waals surface area contributed by atoms with Crippen LogP contribution in [0, 0.1) is 5.92 Å². The smallest absolute Gasteiger partial charge is 0.224 e. The van der Waals surface area contributed by atoms with Crippen molar-refractivity contribution in [2.45, 2.75) is 51.5 Å². The molecular weight excluding hydrogens is 248 g/mol. The zero-order valence-corrected chi connectivity index (χ0v) is 12.6. The van der Waals surface area contributed by atoms with Crippen molar-refractivity contribution < 1.29 is 4.79 Å². The zero-order chi connectivity index (χ0) is 14.4. The van der Waals surface area contributed by atoms with Crippen LogP contribution < -0.4 is 10.6 Å². The maximum absolute atomic E-state index is 11.3. The van der Waals surface area contributed by atoms with Crippen LogP contribution in [-0.2, 0) is 11.2 Å². The fraction of sp³-hybridized carbons (Fsp3) is 0.588. The van der Waals surface area contributed by atoms with Crippen molar-refractivity contribution in [3.8, 4) is 0 Å². The van der Waals surface area contributed by atoms with Crippen molar-refractivity contribution in [1.82, 2.24) is 5.32 Å². The van der Waals surface area contributed by atoms with Crippen molar-refractivity contribution in [1.29, 1.82) is 0 Å². The van der Waals surface area contributed by atoms with Crippen molar-refractivity contribution in [3.63, 3.8) is 0 Å². The summed E-state index contributed by atoms with van der Waals surface area (Å²) in [6, 6.07) is 8.76. The molecule has 1 aliphatic rings. The van der Waals surface area contributed by atoms with Gasteiger partial charge in [0.05, 0.1) is 6.42 Å². The summed E-state index contributed by atoms with van der Waals surface area (Å²) in [5, 5.41) is 6.25. The topological polar surface area (TPSA) is 41.1 Å². The molecule has 1 atom stereocenters. The average molecular weight is 274 g/mol. The molecule has 110 valence electrons. The molecule has 2 rings (SSSR count). The number of amides is 1. The van der Waals surface area contributed by atoms with E-state index in [1.807, 2.05) is 12.1 Å². The van der Waals surface area contributed by atoms with E-state index >= 15 is 0 Å². The lowest BCUT2D eigenvalue weighted by Crippen LogP contribution is -2.27. The lowest BCUT2D eigenvalue weighted by Gasteiger charge is -2.29. The van der Waals surface area contributed by atoms with Gasteiger partial charge in [0.15, 0.2) is 0 Å². The van der Waals surface area contributed by atoms with Gasteiger partial charge in [-0.25, -0.2) is 0 Å². The summed E-state index contributed by atoms with van der Waals surface area (Å²) in [7, 11) is 1.67. The maximum atomic E-state index is 11.3. The van der Waals surface area contributed by atoms with E-state index < -0.39 is 0 Å². The number of anilines is 1. The highest BCUT2D eigenvalue weighted by Gasteiger charge is 2.19. The standard InChI is InChI=1S/C17H26N2O/c1-13(15-6-4-3-5-7-15)19-16-10-8-14(9-11-16)12-17(20)18-2/h8-11,13,15,19H,3-7,12H2,1-2H3,(H,18,20). The molecule has 0 saturated heterocycles. The molecule has 1 aliphatic carbocycles. The Morgan fingerprint density at radius 1 is 1.20 bits per heavy atom. The molecule has 1 amide bonds. The lowest BCUT2D eigenvalue weighted by molar-refractivity contribution is -0.119. The first-order valence-corrected chi connectivity index (χ1v) is 7.75. The van der Waals surface area contributed by atoms with E-state index in [2.05, 4.69) is 29.7 Å². The molecule has 0 bridgehead atoms. The van der Waals surface area contributed by atoms with Gasteiger partial charge in [0.2, 0.25) is 5.91 Å². The minimum absolute atomic E-state index is 0.0567. The number of rotatable bonds is 5. The summed E-state index contributed by atoms with van der Waals surface area (Å²) >= 11 is 0. The Hall–Kier alpha value is -1.51. The maximum Gasteiger partial charge on any atom is 0.224 e. The van der Waals surface area contributed by atoms with Gasteiger partial charge in [0.1, 0.15) is 0 Å². The molecule has 1 unspecified atom stereocenters. The highest BCUT2D eigenvalue weighted by atomic mass is 16.1. The number of hydrogen-bond acceptors (Lipinski definition) is 2. The highest BCUT2D eigenvalue weighted by molar-refractivity contribution is 5.78. The molecule has 2 N–H and O–H groups in total. The second kappa shape index (κ2) is 7.32. The predicted octanol–water partition coefficient (Wildman–Crippen LogP) is 3.36. The largest absolute Gasteiger partial charge is 0.382 e. The number of likely N-dealkylation sites (N-methyl/N-ethyl adjacent to an activating group) is 1. The minimum atomic E-state index is 0.0567. The third-order valence-electron chi connectivity index (χ3n) is 4.35. The van der Waals surface area contributed by atoms with Crippen LogP contribution in [-0.4, -0.2) is 19.0 Å². The summed E-state index contributed by atoms with van der Waals surface area (Å²) in [4.78, 5) is 11.3. The van der Waals surface area contributed by atoms with E-state index in [1.54, 1.807) is 7.05 Å². The Morgan fingerprint density at radius 3 is 2.45 bits per heavy atom. The fourth-order valence-electron chi connectivity index (χ4n) is 3.01. The van der Waals surface area contributed by atoms with Gasteiger partial charge in [-0.05, 0) is 43.4 Å². The van der Waals surface area contributed by atoms with Gasteiger partial charge in [-0.1, -0.05) is 31.4 Å². The van der Waals surface area contributed by atoms with E-state index in [-0.39, 0.29) is 5.91 Å². The molecule has 0 aliphatic heterocycles. The van der Waals surface area contributed by atoms with Gasteiger partial charge in [0.25, 0.3) is 0 Å². The highest BCUT2D eigenvalue weighted by Crippen LogP contribution is 2.28. The molecule has 0 radical (unpaired) electrons. The Bertz CT molecular complexity index is 421. The van der Waals surface area contributed by atoms with E-state index in [9.17, 15) is 4.79 Å². The van der Waals surface area contributed by atoms with Crippen LogP contribution in [0.4, 0.5) is 5.69 Å². The molecule has 1 aromatic carbocycles. The summed E-state index contributed by atoms with van der Waals surface area (Å²) in [5.74, 6) is 0.857. The van der Waals surface area contributed by atoms with Crippen LogP contribution in [0.3, 0.4) is 0 Å². The first-order chi connectivity index (χ1) is 9.69. The average Bonchev–Trinajstić information content (AvgIpc) is 2.50. The number of benzene rings is 1. The Labute approximate surface area is 122 Å². The normalized spacial score (nSPS) is 17.5. The lowest BCUT2D eigenvalue weighted by atomic mass is 9.84. The van der Waals surface area contributed by atoms with Crippen LogP contribution in [0.2, 0.25) is 0 Å². The van der Waals surface area contributed by atoms with Crippen molar-refractivity contribution in [2.75, 3.05) is 12.4 Å². The molecule has 0 heterocycles. The Kier molecular flexibility index (Phi) is 5.45. The van der Waals surface area contributed by atoms with Gasteiger partial charge in [0, 0.05) is 18.8 Å². The monoisotopic (exact) mass is 274 g/mol. The molecule has 1 aromatic rings. The predicted molar refractivity (Wildman–Crippen MR) is 83.9 cm³/mol. The third-order valence-corrected chi connectivity index (χ3v) is 4.35. The second-order valence-corrected chi connectivity index (χ2v) is 5.88. The third kappa shape index (κ3) is 4.26. The van der Waals surface area contributed by atoms with Crippen LogP contribution in [0.1, 0.15) is 44.6 Å². The first-order valence-electron chi connectivity index (χ1n) is 7.75. The van der Waals surface area contributed by atoms with Gasteiger partial charge >= 0.3 is 0 Å². The number of carbonyl (C=O) groups is 1. The number of hydrogen-bond donors (Lipinski definition) is 2. The summed E-state index contributed by atoms with van der Waals surface area (Å²) in [5.41, 5.74) is 2.21. The second-order valence-electron chi connectivity index (χ2n) is 5.88. The quantitative estimate of drug-likeness (QED) is 0.864. The molecule has 1 fully saturated rings. The Balaban J connectivity index is 1.87. The summed E-state index contributed by atoms with van der Waals surface area (Å²) < 4.78 is 0. The molecule has 1 saturated carbocycles. The van der Waals surface area contributed by atoms with E-state index in [4.69, 9.17) is 0 Å². The van der Waals surface area contributed by atoms with Crippen LogP contribution >= 0.6 is 0 Å². The van der Waals surface area contributed by atoms with Crippen molar-refractivity contribution >= 4 is 11.6 Å². The summed E-state index contributed by atoms with van der Waals surface area (Å²) in [6.45, 7) is 2.29. The minimum Gasteiger partial charge on any atom is -0.382 e. The van der Waals surface area contributed by atoms with Crippen molar-refractivity contribution in [2.24, 2.45) is 5.92 Å². The first kappa shape index (κ1) is 14.9. The van der Waals surface area contributed by atoms with Crippen LogP contribution in [0.5, 0.6) is 0 Å². The number of carbonyl (C=O) groups excluding carboxylic acids is 1. The molecule has 0 aromatic heterocycles. The van der Waals surface area contributed by atoms with Gasteiger partial charge in [-0.3, -0.25) is 4.79 Å². The molecule has 0 spiro atoms. The molecule has 3 nitrogen and oxygen atoms in total. The van der Waals surface area contributed by atoms with E-state index in [1.165, 1.54) is 32.1 Å². The van der Waals surface area contributed by atoms with Crippen molar-refractivity contribution in [3.05, 3.63) is 29.8 Å². The molecular formula is C17H26N2O. The summed E-state index contributed by atoms with van der Waals surface area (Å²) in [6.07, 6.45) is 7.31. The van der Waals surface area contributed by atoms with Gasteiger partial charge in [-0.15, -0.1) is 0 Å².